The highest BCUT2D eigenvalue weighted by atomic mass is 35.5. The average molecular weight is 491 g/mol. The lowest BCUT2D eigenvalue weighted by Crippen LogP contribution is -2.15. The summed E-state index contributed by atoms with van der Waals surface area (Å²) in [5.74, 6) is -0.143. The molecule has 2 N–H and O–H groups in total. The molecule has 0 saturated carbocycles. The topological polar surface area (TPSA) is 75.3 Å². The number of rotatable bonds is 9. The molecule has 3 aromatic carbocycles. The van der Waals surface area contributed by atoms with Gasteiger partial charge in [-0.1, -0.05) is 60.8 Å². The van der Waals surface area contributed by atoms with Gasteiger partial charge in [-0.15, -0.1) is 0 Å². The van der Waals surface area contributed by atoms with E-state index in [1.807, 2.05) is 24.3 Å². The largest absolute Gasteiger partial charge is 0.326 e. The van der Waals surface area contributed by atoms with Crippen LogP contribution in [0.3, 0.4) is 0 Å². The highest BCUT2D eigenvalue weighted by molar-refractivity contribution is 7.92. The van der Waals surface area contributed by atoms with E-state index in [-0.39, 0.29) is 27.3 Å². The summed E-state index contributed by atoms with van der Waals surface area (Å²) in [5.41, 5.74) is 3.15. The Labute approximate surface area is 198 Å². The number of nitrogens with one attached hydrogen (secondary N) is 2. The first-order chi connectivity index (χ1) is 15.3. The zero-order valence-electron chi connectivity index (χ0n) is 17.6. The summed E-state index contributed by atoms with van der Waals surface area (Å²) in [7, 11) is -3.81. The summed E-state index contributed by atoms with van der Waals surface area (Å²) in [6.45, 7) is 2.16. The van der Waals surface area contributed by atoms with Gasteiger partial charge in [0.2, 0.25) is 5.91 Å². The lowest BCUT2D eigenvalue weighted by atomic mass is 10.1. The molecule has 3 rings (SSSR count). The molecule has 0 unspecified atom stereocenters. The zero-order valence-corrected chi connectivity index (χ0v) is 19.9. The van der Waals surface area contributed by atoms with Gasteiger partial charge in [0.05, 0.1) is 21.4 Å². The van der Waals surface area contributed by atoms with Crippen molar-refractivity contribution in [3.8, 4) is 0 Å². The van der Waals surface area contributed by atoms with Crippen LogP contribution in [0.4, 0.5) is 11.4 Å². The molecular formula is C24H24Cl2N2O3S. The molecule has 0 spiro atoms. The van der Waals surface area contributed by atoms with E-state index >= 15 is 0 Å². The van der Waals surface area contributed by atoms with Gasteiger partial charge < -0.3 is 5.32 Å². The molecule has 8 heteroatoms. The van der Waals surface area contributed by atoms with Crippen molar-refractivity contribution in [2.75, 3.05) is 10.0 Å². The molecule has 0 heterocycles. The van der Waals surface area contributed by atoms with Crippen LogP contribution in [0.5, 0.6) is 0 Å². The Balaban J connectivity index is 1.58. The molecular weight excluding hydrogens is 467 g/mol. The number of hydrogen-bond acceptors (Lipinski definition) is 3. The van der Waals surface area contributed by atoms with Gasteiger partial charge in [0, 0.05) is 11.4 Å². The summed E-state index contributed by atoms with van der Waals surface area (Å²) in [6, 6.07) is 18.6. The molecule has 3 aromatic rings. The molecule has 1 amide bonds. The van der Waals surface area contributed by atoms with E-state index in [0.29, 0.717) is 5.69 Å². The maximum atomic E-state index is 12.5. The van der Waals surface area contributed by atoms with Gasteiger partial charge in [-0.25, -0.2) is 8.42 Å². The van der Waals surface area contributed by atoms with Crippen molar-refractivity contribution >= 4 is 50.5 Å². The predicted molar refractivity (Wildman–Crippen MR) is 131 cm³/mol. The average Bonchev–Trinajstić information content (AvgIpc) is 2.76. The molecule has 0 aliphatic carbocycles. The summed E-state index contributed by atoms with van der Waals surface area (Å²) in [6.07, 6.45) is 3.50. The number of benzene rings is 3. The Kier molecular flexibility index (Phi) is 8.18. The van der Waals surface area contributed by atoms with Gasteiger partial charge >= 0.3 is 0 Å². The molecule has 32 heavy (non-hydrogen) atoms. The second kappa shape index (κ2) is 10.9. The Bertz CT molecular complexity index is 1180. The number of unbranched alkanes of at least 4 members (excludes halogenated alkanes) is 1. The molecule has 168 valence electrons. The standard InChI is InChI=1S/C24H24Cl2N2O3S/c1-2-3-4-17-5-9-19(10-6-17)27-24(29)15-18-7-11-20(12-8-18)28-32(30,31)21-13-14-22(25)23(26)16-21/h5-14,16,28H,2-4,15H2,1H3,(H,27,29). The third-order valence-corrected chi connectivity index (χ3v) is 6.95. The number of anilines is 2. The second-order valence-corrected chi connectivity index (χ2v) is 9.90. The number of carbonyl (C=O) groups excluding carboxylic acids is 1. The van der Waals surface area contributed by atoms with Gasteiger partial charge in [-0.2, -0.15) is 0 Å². The monoisotopic (exact) mass is 490 g/mol. The number of hydrogen-bond donors (Lipinski definition) is 2. The molecule has 0 fully saturated rings. The minimum Gasteiger partial charge on any atom is -0.326 e. The van der Waals surface area contributed by atoms with E-state index in [2.05, 4.69) is 17.0 Å². The highest BCUT2D eigenvalue weighted by Gasteiger charge is 2.16. The van der Waals surface area contributed by atoms with Crippen LogP contribution in [0.15, 0.2) is 71.6 Å². The van der Waals surface area contributed by atoms with Crippen LogP contribution in [-0.2, 0) is 27.7 Å². The van der Waals surface area contributed by atoms with Crippen molar-refractivity contribution in [2.24, 2.45) is 0 Å². The molecule has 0 radical (unpaired) electrons. The number of amides is 1. The Morgan fingerprint density at radius 3 is 2.09 bits per heavy atom. The van der Waals surface area contributed by atoms with Crippen LogP contribution >= 0.6 is 23.2 Å². The van der Waals surface area contributed by atoms with Gasteiger partial charge in [0.1, 0.15) is 0 Å². The smallest absolute Gasteiger partial charge is 0.261 e. The van der Waals surface area contributed by atoms with E-state index in [4.69, 9.17) is 23.2 Å². The lowest BCUT2D eigenvalue weighted by molar-refractivity contribution is -0.115. The van der Waals surface area contributed by atoms with Crippen molar-refractivity contribution in [1.29, 1.82) is 0 Å². The van der Waals surface area contributed by atoms with Crippen LogP contribution in [0, 0.1) is 0 Å². The van der Waals surface area contributed by atoms with E-state index in [1.165, 1.54) is 23.8 Å². The Morgan fingerprint density at radius 2 is 1.47 bits per heavy atom. The zero-order chi connectivity index (χ0) is 23.1. The number of aryl methyl sites for hydroxylation is 1. The molecule has 5 nitrogen and oxygen atoms in total. The SMILES string of the molecule is CCCCc1ccc(NC(=O)Cc2ccc(NS(=O)(=O)c3ccc(Cl)c(Cl)c3)cc2)cc1. The minimum absolute atomic E-state index is 0.0102. The first-order valence-corrected chi connectivity index (χ1v) is 12.5. The van der Waals surface area contributed by atoms with Crippen LogP contribution in [-0.4, -0.2) is 14.3 Å². The van der Waals surface area contributed by atoms with Gasteiger partial charge in [-0.3, -0.25) is 9.52 Å². The summed E-state index contributed by atoms with van der Waals surface area (Å²) >= 11 is 11.8. The summed E-state index contributed by atoms with van der Waals surface area (Å²) < 4.78 is 27.6. The first-order valence-electron chi connectivity index (χ1n) is 10.2. The summed E-state index contributed by atoms with van der Waals surface area (Å²) in [4.78, 5) is 12.4. The second-order valence-electron chi connectivity index (χ2n) is 7.40. The lowest BCUT2D eigenvalue weighted by Gasteiger charge is -2.10. The van der Waals surface area contributed by atoms with E-state index in [1.54, 1.807) is 24.3 Å². The number of halogens is 2. The normalized spacial score (nSPS) is 11.2. The minimum atomic E-state index is -3.81. The molecule has 0 bridgehead atoms. The quantitative estimate of drug-likeness (QED) is 0.368. The summed E-state index contributed by atoms with van der Waals surface area (Å²) in [5, 5.41) is 3.32. The third kappa shape index (κ3) is 6.73. The third-order valence-electron chi connectivity index (χ3n) is 4.83. The number of sulfonamides is 1. The van der Waals surface area contributed by atoms with Crippen molar-refractivity contribution < 1.29 is 13.2 Å². The molecule has 0 aliphatic heterocycles. The van der Waals surface area contributed by atoms with E-state index in [9.17, 15) is 13.2 Å². The van der Waals surface area contributed by atoms with Gasteiger partial charge in [0.15, 0.2) is 0 Å². The van der Waals surface area contributed by atoms with Crippen LogP contribution in [0.2, 0.25) is 10.0 Å². The maximum absolute atomic E-state index is 12.5. The fraction of sp³-hybridized carbons (Fsp3) is 0.208. The molecule has 0 atom stereocenters. The van der Waals surface area contributed by atoms with Crippen LogP contribution in [0.25, 0.3) is 0 Å². The fourth-order valence-corrected chi connectivity index (χ4v) is 4.52. The molecule has 0 aliphatic rings. The van der Waals surface area contributed by atoms with Crippen molar-refractivity contribution in [3.63, 3.8) is 0 Å². The fourth-order valence-electron chi connectivity index (χ4n) is 3.07. The first kappa shape index (κ1) is 24.1. The number of carbonyl (C=O) groups is 1. The van der Waals surface area contributed by atoms with E-state index < -0.39 is 10.0 Å². The Morgan fingerprint density at radius 1 is 0.844 bits per heavy atom. The van der Waals surface area contributed by atoms with Gasteiger partial charge in [-0.05, 0) is 66.4 Å². The van der Waals surface area contributed by atoms with Gasteiger partial charge in [0.25, 0.3) is 10.0 Å². The Hall–Kier alpha value is -2.54. The molecule has 0 saturated heterocycles. The maximum Gasteiger partial charge on any atom is 0.261 e. The van der Waals surface area contributed by atoms with Crippen LogP contribution < -0.4 is 10.0 Å². The molecule has 0 aromatic heterocycles. The highest BCUT2D eigenvalue weighted by Crippen LogP contribution is 2.26. The predicted octanol–water partition coefficient (Wildman–Crippen LogP) is 6.32. The van der Waals surface area contributed by atoms with Crippen molar-refractivity contribution in [2.45, 2.75) is 37.5 Å². The van der Waals surface area contributed by atoms with Crippen molar-refractivity contribution in [3.05, 3.63) is 87.9 Å². The van der Waals surface area contributed by atoms with E-state index in [0.717, 1.165) is 30.5 Å². The van der Waals surface area contributed by atoms with Crippen molar-refractivity contribution in [1.82, 2.24) is 0 Å². The van der Waals surface area contributed by atoms with Crippen LogP contribution in [0.1, 0.15) is 30.9 Å².